The molecule has 0 radical (unpaired) electrons. The molecule has 0 unspecified atom stereocenters. The topological polar surface area (TPSA) is 83.4 Å². The highest BCUT2D eigenvalue weighted by atomic mass is 16.2. The van der Waals surface area contributed by atoms with Crippen molar-refractivity contribution >= 4 is 17.5 Å². The maximum absolute atomic E-state index is 12.6. The van der Waals surface area contributed by atoms with Crippen LogP contribution in [0, 0.1) is 0 Å². The Morgan fingerprint density at radius 3 is 2.68 bits per heavy atom. The summed E-state index contributed by atoms with van der Waals surface area (Å²) in [6, 6.07) is 4.85. The molecule has 0 spiro atoms. The maximum Gasteiger partial charge on any atom is 0.270 e. The lowest BCUT2D eigenvalue weighted by molar-refractivity contribution is -0.127. The Balaban J connectivity index is 1.83. The molecule has 1 aliphatic rings. The van der Waals surface area contributed by atoms with E-state index in [4.69, 9.17) is 0 Å². The Morgan fingerprint density at radius 1 is 1.28 bits per heavy atom. The Kier molecular flexibility index (Phi) is 4.43. The largest absolute Gasteiger partial charge is 0.378 e. The molecule has 1 N–H and O–H groups in total. The molecule has 2 aromatic heterocycles. The highest BCUT2D eigenvalue weighted by Gasteiger charge is 2.41. The van der Waals surface area contributed by atoms with Gasteiger partial charge in [-0.3, -0.25) is 19.3 Å². The SMILES string of the molecule is CN(C)c1ccnc(C(=O)N[C@@H]2CC(=O)N(C)[C@H]2c2ccnn2C)c1. The molecular formula is C17H22N6O2. The van der Waals surface area contributed by atoms with E-state index in [2.05, 4.69) is 15.4 Å². The number of anilines is 1. The molecule has 1 aliphatic heterocycles. The third kappa shape index (κ3) is 3.19. The van der Waals surface area contributed by atoms with Crippen LogP contribution in [0.3, 0.4) is 0 Å². The summed E-state index contributed by atoms with van der Waals surface area (Å²) in [5.41, 5.74) is 2.11. The number of carbonyl (C=O) groups is 2. The lowest BCUT2D eigenvalue weighted by atomic mass is 10.1. The van der Waals surface area contributed by atoms with Gasteiger partial charge in [0, 0.05) is 52.7 Å². The number of likely N-dealkylation sites (N-methyl/N-ethyl adjacent to an activating group) is 1. The number of amides is 2. The van der Waals surface area contributed by atoms with Crippen LogP contribution >= 0.6 is 0 Å². The fourth-order valence-electron chi connectivity index (χ4n) is 3.14. The summed E-state index contributed by atoms with van der Waals surface area (Å²) >= 11 is 0. The van der Waals surface area contributed by atoms with Crippen LogP contribution in [0.1, 0.15) is 28.6 Å². The van der Waals surface area contributed by atoms with Gasteiger partial charge < -0.3 is 15.1 Å². The fraction of sp³-hybridized carbons (Fsp3) is 0.412. The molecule has 3 rings (SSSR count). The summed E-state index contributed by atoms with van der Waals surface area (Å²) in [5.74, 6) is -0.296. The van der Waals surface area contributed by atoms with Crippen LogP contribution in [-0.2, 0) is 11.8 Å². The average molecular weight is 342 g/mol. The van der Waals surface area contributed by atoms with Gasteiger partial charge in [0.25, 0.3) is 5.91 Å². The van der Waals surface area contributed by atoms with Crippen molar-refractivity contribution in [1.82, 2.24) is 25.0 Å². The average Bonchev–Trinajstić information content (AvgIpc) is 3.11. The first-order valence-electron chi connectivity index (χ1n) is 8.06. The van der Waals surface area contributed by atoms with Crippen molar-refractivity contribution in [3.05, 3.63) is 42.0 Å². The second-order valence-electron chi connectivity index (χ2n) is 6.41. The molecule has 2 amide bonds. The minimum atomic E-state index is -0.329. The normalized spacial score (nSPS) is 20.0. The number of rotatable bonds is 4. The molecular weight excluding hydrogens is 320 g/mol. The van der Waals surface area contributed by atoms with E-state index in [1.54, 1.807) is 35.1 Å². The maximum atomic E-state index is 12.6. The lowest BCUT2D eigenvalue weighted by Gasteiger charge is -2.25. The number of nitrogens with zero attached hydrogens (tertiary/aromatic N) is 5. The molecule has 1 saturated heterocycles. The number of aromatic nitrogens is 3. The summed E-state index contributed by atoms with van der Waals surface area (Å²) in [5, 5.41) is 7.14. The van der Waals surface area contributed by atoms with Gasteiger partial charge in [-0.2, -0.15) is 5.10 Å². The monoisotopic (exact) mass is 342 g/mol. The second kappa shape index (κ2) is 6.54. The van der Waals surface area contributed by atoms with E-state index in [0.717, 1.165) is 11.4 Å². The predicted octanol–water partition coefficient (Wildman–Crippen LogP) is 0.583. The highest BCUT2D eigenvalue weighted by molar-refractivity contribution is 5.94. The van der Waals surface area contributed by atoms with Crippen LogP contribution in [-0.4, -0.2) is 58.7 Å². The van der Waals surface area contributed by atoms with E-state index in [1.807, 2.05) is 38.2 Å². The van der Waals surface area contributed by atoms with Crippen LogP contribution in [0.2, 0.25) is 0 Å². The molecule has 0 saturated carbocycles. The standard InChI is InChI=1S/C17H22N6O2/c1-21(2)11-5-7-18-13(9-11)17(25)20-12-10-15(24)22(3)16(12)14-6-8-19-23(14)4/h5-9,12,16H,10H2,1-4H3,(H,20,25)/t12-,16-/m1/s1. The molecule has 8 heteroatoms. The number of carbonyl (C=O) groups excluding carboxylic acids is 2. The number of hydrogen-bond acceptors (Lipinski definition) is 5. The van der Waals surface area contributed by atoms with E-state index >= 15 is 0 Å². The second-order valence-corrected chi connectivity index (χ2v) is 6.41. The first-order valence-corrected chi connectivity index (χ1v) is 8.06. The van der Waals surface area contributed by atoms with Crippen LogP contribution < -0.4 is 10.2 Å². The highest BCUT2D eigenvalue weighted by Crippen LogP contribution is 2.31. The molecule has 3 heterocycles. The zero-order valence-electron chi connectivity index (χ0n) is 14.8. The van der Waals surface area contributed by atoms with Crippen molar-refractivity contribution in [3.63, 3.8) is 0 Å². The minimum Gasteiger partial charge on any atom is -0.378 e. The molecule has 1 fully saturated rings. The van der Waals surface area contributed by atoms with Gasteiger partial charge in [0.15, 0.2) is 0 Å². The molecule has 0 aromatic carbocycles. The van der Waals surface area contributed by atoms with Crippen molar-refractivity contribution in [2.45, 2.75) is 18.5 Å². The van der Waals surface area contributed by atoms with Gasteiger partial charge in [0.2, 0.25) is 5.91 Å². The van der Waals surface area contributed by atoms with Crippen LogP contribution in [0.15, 0.2) is 30.6 Å². The quantitative estimate of drug-likeness (QED) is 0.879. The zero-order chi connectivity index (χ0) is 18.1. The van der Waals surface area contributed by atoms with E-state index < -0.39 is 0 Å². The van der Waals surface area contributed by atoms with E-state index in [1.165, 1.54) is 0 Å². The van der Waals surface area contributed by atoms with Crippen molar-refractivity contribution in [2.75, 3.05) is 26.0 Å². The van der Waals surface area contributed by atoms with Crippen molar-refractivity contribution in [3.8, 4) is 0 Å². The van der Waals surface area contributed by atoms with Gasteiger partial charge in [-0.25, -0.2) is 0 Å². The zero-order valence-corrected chi connectivity index (χ0v) is 14.8. The summed E-state index contributed by atoms with van der Waals surface area (Å²) in [4.78, 5) is 32.5. The molecule has 0 aliphatic carbocycles. The Bertz CT molecular complexity index is 800. The lowest BCUT2D eigenvalue weighted by Crippen LogP contribution is -2.40. The molecule has 8 nitrogen and oxygen atoms in total. The Hall–Kier alpha value is -2.90. The van der Waals surface area contributed by atoms with Gasteiger partial charge in [0.1, 0.15) is 5.69 Å². The van der Waals surface area contributed by atoms with Crippen molar-refractivity contribution in [1.29, 1.82) is 0 Å². The van der Waals surface area contributed by atoms with Crippen molar-refractivity contribution < 1.29 is 9.59 Å². The van der Waals surface area contributed by atoms with Gasteiger partial charge in [0.05, 0.1) is 17.8 Å². The third-order valence-corrected chi connectivity index (χ3v) is 4.56. The van der Waals surface area contributed by atoms with Crippen molar-refractivity contribution in [2.24, 2.45) is 7.05 Å². The number of aryl methyl sites for hydroxylation is 1. The van der Waals surface area contributed by atoms with Crippen LogP contribution in [0.4, 0.5) is 5.69 Å². The summed E-state index contributed by atoms with van der Waals surface area (Å²) in [6.45, 7) is 0. The molecule has 0 bridgehead atoms. The summed E-state index contributed by atoms with van der Waals surface area (Å²) < 4.78 is 1.73. The van der Waals surface area contributed by atoms with E-state index in [-0.39, 0.29) is 30.3 Å². The molecule has 132 valence electrons. The minimum absolute atomic E-state index is 0.00787. The number of likely N-dealkylation sites (tertiary alicyclic amines) is 1. The van der Waals surface area contributed by atoms with Crippen LogP contribution in [0.25, 0.3) is 0 Å². The van der Waals surface area contributed by atoms with Gasteiger partial charge in [-0.15, -0.1) is 0 Å². The molecule has 2 aromatic rings. The van der Waals surface area contributed by atoms with Gasteiger partial charge >= 0.3 is 0 Å². The third-order valence-electron chi connectivity index (χ3n) is 4.56. The number of pyridine rings is 1. The fourth-order valence-corrected chi connectivity index (χ4v) is 3.14. The first-order chi connectivity index (χ1) is 11.9. The van der Waals surface area contributed by atoms with Gasteiger partial charge in [-0.1, -0.05) is 0 Å². The van der Waals surface area contributed by atoms with Crippen LogP contribution in [0.5, 0.6) is 0 Å². The Morgan fingerprint density at radius 2 is 2.04 bits per heavy atom. The molecule has 25 heavy (non-hydrogen) atoms. The summed E-state index contributed by atoms with van der Waals surface area (Å²) in [6.07, 6.45) is 3.55. The van der Waals surface area contributed by atoms with Gasteiger partial charge in [-0.05, 0) is 18.2 Å². The first kappa shape index (κ1) is 16.9. The molecule has 2 atom stereocenters. The number of hydrogen-bond donors (Lipinski definition) is 1. The van der Waals surface area contributed by atoms with E-state index in [9.17, 15) is 9.59 Å². The van der Waals surface area contributed by atoms with E-state index in [0.29, 0.717) is 5.69 Å². The summed E-state index contributed by atoms with van der Waals surface area (Å²) in [7, 11) is 7.38. The number of nitrogens with one attached hydrogen (secondary N) is 1. The Labute approximate surface area is 146 Å². The smallest absolute Gasteiger partial charge is 0.270 e. The predicted molar refractivity (Wildman–Crippen MR) is 93.2 cm³/mol.